The number of aliphatic hydroxyl groups is 1. The number of hydrogen-bond donors (Lipinski definition) is 2. The van der Waals surface area contributed by atoms with Crippen LogP contribution in [0.15, 0.2) is 0 Å². The zero-order valence-corrected chi connectivity index (χ0v) is 6.72. The van der Waals surface area contributed by atoms with Crippen molar-refractivity contribution in [3.05, 3.63) is 0 Å². The van der Waals surface area contributed by atoms with Crippen molar-refractivity contribution in [3.63, 3.8) is 0 Å². The highest BCUT2D eigenvalue weighted by Gasteiger charge is 2.26. The van der Waals surface area contributed by atoms with Gasteiger partial charge in [0, 0.05) is 0 Å². The van der Waals surface area contributed by atoms with Gasteiger partial charge in [0.2, 0.25) is 0 Å². The molecule has 0 fully saturated rings. The SMILES string of the molecule is CCC(C)(CO)[PH](=O)O. The average molecular weight is 152 g/mol. The van der Waals surface area contributed by atoms with E-state index >= 15 is 0 Å². The second-order valence-corrected chi connectivity index (χ2v) is 4.19. The first-order valence-corrected chi connectivity index (χ1v) is 4.26. The molecule has 0 aromatic heterocycles. The molecule has 0 saturated carbocycles. The van der Waals surface area contributed by atoms with Crippen LogP contribution in [0, 0.1) is 0 Å². The Balaban J connectivity index is 4.09. The summed E-state index contributed by atoms with van der Waals surface area (Å²) in [4.78, 5) is 8.66. The van der Waals surface area contributed by atoms with Gasteiger partial charge in [-0.05, 0) is 13.3 Å². The fraction of sp³-hybridized carbons (Fsp3) is 1.00. The molecule has 2 atom stereocenters. The maximum Gasteiger partial charge on any atom is 0.197 e. The molecule has 0 spiro atoms. The molecular formula is C5H13O3P. The minimum atomic E-state index is -2.57. The van der Waals surface area contributed by atoms with Crippen molar-refractivity contribution >= 4 is 8.03 Å². The molecule has 56 valence electrons. The molecule has 2 N–H and O–H groups in total. The molecule has 2 unspecified atom stereocenters. The second kappa shape index (κ2) is 3.35. The van der Waals surface area contributed by atoms with Crippen molar-refractivity contribution in [2.45, 2.75) is 25.4 Å². The van der Waals surface area contributed by atoms with Crippen molar-refractivity contribution in [2.24, 2.45) is 0 Å². The van der Waals surface area contributed by atoms with Gasteiger partial charge in [-0.2, -0.15) is 0 Å². The van der Waals surface area contributed by atoms with Gasteiger partial charge in [-0.3, -0.25) is 4.57 Å². The van der Waals surface area contributed by atoms with E-state index < -0.39 is 13.2 Å². The summed E-state index contributed by atoms with van der Waals surface area (Å²) in [5.41, 5.74) is 0. The summed E-state index contributed by atoms with van der Waals surface area (Å²) in [6.45, 7) is 3.18. The summed E-state index contributed by atoms with van der Waals surface area (Å²) < 4.78 is 10.5. The van der Waals surface area contributed by atoms with Crippen LogP contribution >= 0.6 is 8.03 Å². The van der Waals surface area contributed by atoms with E-state index in [1.807, 2.05) is 0 Å². The van der Waals surface area contributed by atoms with E-state index in [1.54, 1.807) is 13.8 Å². The molecule has 0 amide bonds. The van der Waals surface area contributed by atoms with Crippen LogP contribution in [0.5, 0.6) is 0 Å². The van der Waals surface area contributed by atoms with Crippen molar-refractivity contribution in [2.75, 3.05) is 6.61 Å². The van der Waals surface area contributed by atoms with E-state index in [1.165, 1.54) is 0 Å². The Kier molecular flexibility index (Phi) is 3.41. The smallest absolute Gasteiger partial charge is 0.197 e. The molecule has 0 aliphatic carbocycles. The third kappa shape index (κ3) is 2.09. The first-order chi connectivity index (χ1) is 4.06. The minimum Gasteiger partial charge on any atom is -0.395 e. The molecule has 4 heteroatoms. The fourth-order valence-electron chi connectivity index (χ4n) is 0.331. The van der Waals surface area contributed by atoms with Gasteiger partial charge in [0.1, 0.15) is 0 Å². The van der Waals surface area contributed by atoms with E-state index in [0.29, 0.717) is 6.42 Å². The lowest BCUT2D eigenvalue weighted by Crippen LogP contribution is -2.23. The molecule has 0 heterocycles. The third-order valence-corrected chi connectivity index (χ3v) is 3.19. The largest absolute Gasteiger partial charge is 0.395 e. The predicted molar refractivity (Wildman–Crippen MR) is 37.0 cm³/mol. The van der Waals surface area contributed by atoms with Crippen LogP contribution in [-0.4, -0.2) is 21.8 Å². The van der Waals surface area contributed by atoms with Gasteiger partial charge in [-0.15, -0.1) is 0 Å². The molecule has 0 radical (unpaired) electrons. The molecule has 0 rings (SSSR count). The summed E-state index contributed by atoms with van der Waals surface area (Å²) in [7, 11) is -2.57. The Hall–Kier alpha value is 0.150. The maximum atomic E-state index is 10.5. The van der Waals surface area contributed by atoms with Gasteiger partial charge >= 0.3 is 0 Å². The van der Waals surface area contributed by atoms with E-state index in [2.05, 4.69) is 0 Å². The first kappa shape index (κ1) is 9.15. The highest BCUT2D eigenvalue weighted by molar-refractivity contribution is 7.40. The van der Waals surface area contributed by atoms with E-state index in [9.17, 15) is 4.57 Å². The van der Waals surface area contributed by atoms with Gasteiger partial charge < -0.3 is 10.00 Å². The van der Waals surface area contributed by atoms with Crippen molar-refractivity contribution < 1.29 is 14.6 Å². The lowest BCUT2D eigenvalue weighted by atomic mass is 10.1. The van der Waals surface area contributed by atoms with Crippen molar-refractivity contribution in [3.8, 4) is 0 Å². The first-order valence-electron chi connectivity index (χ1n) is 2.91. The molecule has 0 aromatic carbocycles. The third-order valence-electron chi connectivity index (χ3n) is 1.65. The van der Waals surface area contributed by atoms with Crippen molar-refractivity contribution in [1.29, 1.82) is 0 Å². The molecule has 0 aromatic rings. The summed E-state index contributed by atoms with van der Waals surface area (Å²) in [6, 6.07) is 0. The van der Waals surface area contributed by atoms with Crippen LogP contribution in [-0.2, 0) is 4.57 Å². The van der Waals surface area contributed by atoms with Crippen LogP contribution in [0.2, 0.25) is 0 Å². The molecule has 0 aliphatic rings. The van der Waals surface area contributed by atoms with E-state index in [4.69, 9.17) is 10.00 Å². The monoisotopic (exact) mass is 152 g/mol. The van der Waals surface area contributed by atoms with Crippen LogP contribution in [0.4, 0.5) is 0 Å². The van der Waals surface area contributed by atoms with E-state index in [0.717, 1.165) is 0 Å². The lowest BCUT2D eigenvalue weighted by molar-refractivity contribution is 0.240. The second-order valence-electron chi connectivity index (χ2n) is 2.38. The highest BCUT2D eigenvalue weighted by atomic mass is 31.1. The zero-order chi connectivity index (χ0) is 7.49. The summed E-state index contributed by atoms with van der Waals surface area (Å²) in [6.07, 6.45) is 0.539. The Morgan fingerprint density at radius 1 is 1.67 bits per heavy atom. The Morgan fingerprint density at radius 3 is 2.11 bits per heavy atom. The lowest BCUT2D eigenvalue weighted by Gasteiger charge is -2.20. The quantitative estimate of drug-likeness (QED) is 0.582. The van der Waals surface area contributed by atoms with Crippen LogP contribution < -0.4 is 0 Å². The van der Waals surface area contributed by atoms with Crippen molar-refractivity contribution in [1.82, 2.24) is 0 Å². The number of rotatable bonds is 3. The standard InChI is InChI=1S/C5H13O3P/c1-3-5(2,4-6)9(7)8/h6,9H,3-4H2,1-2H3,(H,7,8). The molecule has 3 nitrogen and oxygen atoms in total. The average Bonchev–Trinajstić information content (AvgIpc) is 1.86. The predicted octanol–water partition coefficient (Wildman–Crippen LogP) is 0.614. The number of aliphatic hydroxyl groups excluding tert-OH is 1. The Morgan fingerprint density at radius 2 is 2.11 bits per heavy atom. The summed E-state index contributed by atoms with van der Waals surface area (Å²) >= 11 is 0. The molecular weight excluding hydrogens is 139 g/mol. The Labute approximate surface area is 55.6 Å². The van der Waals surface area contributed by atoms with Gasteiger partial charge in [-0.1, -0.05) is 6.92 Å². The van der Waals surface area contributed by atoms with Crippen LogP contribution in [0.3, 0.4) is 0 Å². The zero-order valence-electron chi connectivity index (χ0n) is 5.72. The normalized spacial score (nSPS) is 20.9. The highest BCUT2D eigenvalue weighted by Crippen LogP contribution is 2.36. The molecule has 0 bridgehead atoms. The topological polar surface area (TPSA) is 57.5 Å². The fourth-order valence-corrected chi connectivity index (χ4v) is 0.768. The minimum absolute atomic E-state index is 0.211. The van der Waals surface area contributed by atoms with Gasteiger partial charge in [-0.25, -0.2) is 0 Å². The molecule has 9 heavy (non-hydrogen) atoms. The number of hydrogen-bond acceptors (Lipinski definition) is 2. The maximum absolute atomic E-state index is 10.5. The van der Waals surface area contributed by atoms with Gasteiger partial charge in [0.15, 0.2) is 8.03 Å². The van der Waals surface area contributed by atoms with E-state index in [-0.39, 0.29) is 6.61 Å². The van der Waals surface area contributed by atoms with Crippen LogP contribution in [0.25, 0.3) is 0 Å². The molecule has 0 aliphatic heterocycles. The van der Waals surface area contributed by atoms with Gasteiger partial charge in [0.25, 0.3) is 0 Å². The molecule has 0 saturated heterocycles. The summed E-state index contributed by atoms with van der Waals surface area (Å²) in [5.74, 6) is 0. The Bertz CT molecular complexity index is 109. The summed E-state index contributed by atoms with van der Waals surface area (Å²) in [5, 5.41) is 7.86. The van der Waals surface area contributed by atoms with Gasteiger partial charge in [0.05, 0.1) is 11.8 Å². The van der Waals surface area contributed by atoms with Crippen LogP contribution in [0.1, 0.15) is 20.3 Å².